The number of aromatic hydroxyl groups is 1. The summed E-state index contributed by atoms with van der Waals surface area (Å²) in [4.78, 5) is 23.9. The highest BCUT2D eigenvalue weighted by Crippen LogP contribution is 2.24. The van der Waals surface area contributed by atoms with Crippen LogP contribution in [0.25, 0.3) is 0 Å². The molecule has 0 bridgehead atoms. The van der Waals surface area contributed by atoms with E-state index in [2.05, 4.69) is 5.32 Å². The molecule has 0 saturated heterocycles. The molecule has 1 aromatic carbocycles. The molecule has 1 heterocycles. The second kappa shape index (κ2) is 6.90. The normalized spacial score (nSPS) is 10.3. The summed E-state index contributed by atoms with van der Waals surface area (Å²) in [6.45, 7) is 0. The number of anilines is 1. The van der Waals surface area contributed by atoms with E-state index in [0.717, 1.165) is 6.42 Å². The van der Waals surface area contributed by atoms with E-state index in [4.69, 9.17) is 5.11 Å². The van der Waals surface area contributed by atoms with Crippen LogP contribution in [0, 0.1) is 0 Å². The van der Waals surface area contributed by atoms with Gasteiger partial charge in [0.05, 0.1) is 11.3 Å². The van der Waals surface area contributed by atoms with Crippen molar-refractivity contribution in [2.24, 2.45) is 0 Å². The van der Waals surface area contributed by atoms with Gasteiger partial charge < -0.3 is 15.5 Å². The lowest BCUT2D eigenvalue weighted by atomic mass is 10.1. The minimum absolute atomic E-state index is 0.0154. The first-order chi connectivity index (χ1) is 10.1. The maximum atomic E-state index is 11.8. The Hall–Kier alpha value is -2.34. The molecule has 3 N–H and O–H groups in total. The molecule has 1 aromatic heterocycles. The van der Waals surface area contributed by atoms with Gasteiger partial charge in [0.15, 0.2) is 0 Å². The van der Waals surface area contributed by atoms with Gasteiger partial charge in [-0.15, -0.1) is 11.3 Å². The zero-order valence-electron chi connectivity index (χ0n) is 11.2. The number of carboxylic acid groups (broad SMARTS) is 1. The van der Waals surface area contributed by atoms with Crippen LogP contribution in [0.1, 0.15) is 28.1 Å². The van der Waals surface area contributed by atoms with Crippen molar-refractivity contribution in [1.29, 1.82) is 0 Å². The molecule has 2 rings (SSSR count). The fourth-order valence-corrected chi connectivity index (χ4v) is 2.61. The fraction of sp³-hybridized carbons (Fsp3) is 0.200. The van der Waals surface area contributed by atoms with Gasteiger partial charge in [-0.25, -0.2) is 4.79 Å². The maximum absolute atomic E-state index is 11.8. The van der Waals surface area contributed by atoms with Crippen molar-refractivity contribution in [3.63, 3.8) is 0 Å². The van der Waals surface area contributed by atoms with Crippen LogP contribution in [-0.2, 0) is 11.2 Å². The minimum Gasteiger partial charge on any atom is -0.506 e. The van der Waals surface area contributed by atoms with E-state index in [1.54, 1.807) is 11.3 Å². The Balaban J connectivity index is 1.90. The molecule has 0 aliphatic carbocycles. The van der Waals surface area contributed by atoms with Crippen molar-refractivity contribution in [1.82, 2.24) is 0 Å². The standard InChI is InChI=1S/C15H15NO4S/c17-13-7-6-10(15(19)20)9-12(13)16-14(18)5-1-3-11-4-2-8-21-11/h2,4,6-9,17H,1,3,5H2,(H,16,18)(H,19,20). The third kappa shape index (κ3) is 4.32. The molecule has 110 valence electrons. The molecule has 5 nitrogen and oxygen atoms in total. The number of carbonyl (C=O) groups excluding carboxylic acids is 1. The van der Waals surface area contributed by atoms with Crippen LogP contribution in [-0.4, -0.2) is 22.1 Å². The van der Waals surface area contributed by atoms with Crippen LogP contribution < -0.4 is 5.32 Å². The van der Waals surface area contributed by atoms with Gasteiger partial charge in [-0.05, 0) is 42.5 Å². The number of phenolic OH excluding ortho intramolecular Hbond substituents is 1. The van der Waals surface area contributed by atoms with E-state index >= 15 is 0 Å². The van der Waals surface area contributed by atoms with E-state index in [0.29, 0.717) is 12.8 Å². The third-order valence-electron chi connectivity index (χ3n) is 2.92. The summed E-state index contributed by atoms with van der Waals surface area (Å²) in [5, 5.41) is 23.1. The van der Waals surface area contributed by atoms with Crippen LogP contribution >= 0.6 is 11.3 Å². The topological polar surface area (TPSA) is 86.6 Å². The lowest BCUT2D eigenvalue weighted by Gasteiger charge is -2.08. The lowest BCUT2D eigenvalue weighted by Crippen LogP contribution is -2.12. The summed E-state index contributed by atoms with van der Waals surface area (Å²) in [5.41, 5.74) is 0.137. The van der Waals surface area contributed by atoms with Gasteiger partial charge in [0.2, 0.25) is 5.91 Å². The van der Waals surface area contributed by atoms with Crippen molar-refractivity contribution in [3.8, 4) is 5.75 Å². The number of hydrogen-bond donors (Lipinski definition) is 3. The van der Waals surface area contributed by atoms with Crippen LogP contribution in [0.3, 0.4) is 0 Å². The number of rotatable bonds is 6. The highest BCUT2D eigenvalue weighted by molar-refractivity contribution is 7.09. The average Bonchev–Trinajstić information content (AvgIpc) is 2.94. The van der Waals surface area contributed by atoms with Crippen LogP contribution in [0.4, 0.5) is 5.69 Å². The number of thiophene rings is 1. The first-order valence-electron chi connectivity index (χ1n) is 6.45. The molecular weight excluding hydrogens is 290 g/mol. The van der Waals surface area contributed by atoms with Crippen molar-refractivity contribution in [2.45, 2.75) is 19.3 Å². The first kappa shape index (κ1) is 15.1. The fourth-order valence-electron chi connectivity index (χ4n) is 1.86. The summed E-state index contributed by atoms with van der Waals surface area (Å²) in [6.07, 6.45) is 1.84. The van der Waals surface area contributed by atoms with Gasteiger partial charge in [-0.2, -0.15) is 0 Å². The highest BCUT2D eigenvalue weighted by Gasteiger charge is 2.10. The molecule has 0 aliphatic rings. The largest absolute Gasteiger partial charge is 0.506 e. The molecule has 0 fully saturated rings. The zero-order chi connectivity index (χ0) is 15.2. The minimum atomic E-state index is -1.11. The van der Waals surface area contributed by atoms with Crippen molar-refractivity contribution in [3.05, 3.63) is 46.2 Å². The molecule has 6 heteroatoms. The molecule has 2 aromatic rings. The van der Waals surface area contributed by atoms with Crippen molar-refractivity contribution >= 4 is 28.9 Å². The monoisotopic (exact) mass is 305 g/mol. The van der Waals surface area contributed by atoms with Gasteiger partial charge in [0.1, 0.15) is 5.75 Å². The zero-order valence-corrected chi connectivity index (χ0v) is 12.0. The number of carbonyl (C=O) groups is 2. The Morgan fingerprint density at radius 1 is 1.24 bits per heavy atom. The summed E-state index contributed by atoms with van der Waals surface area (Å²) in [5.74, 6) is -1.50. The van der Waals surface area contributed by atoms with Gasteiger partial charge in [-0.1, -0.05) is 6.07 Å². The van der Waals surface area contributed by atoms with Crippen LogP contribution in [0.5, 0.6) is 5.75 Å². The summed E-state index contributed by atoms with van der Waals surface area (Å²) in [7, 11) is 0. The van der Waals surface area contributed by atoms with E-state index in [-0.39, 0.29) is 22.9 Å². The smallest absolute Gasteiger partial charge is 0.335 e. The number of carboxylic acids is 1. The summed E-state index contributed by atoms with van der Waals surface area (Å²) < 4.78 is 0. The number of nitrogens with one attached hydrogen (secondary N) is 1. The van der Waals surface area contributed by atoms with Crippen LogP contribution in [0.2, 0.25) is 0 Å². The number of aryl methyl sites for hydroxylation is 1. The lowest BCUT2D eigenvalue weighted by molar-refractivity contribution is -0.116. The Morgan fingerprint density at radius 2 is 2.05 bits per heavy atom. The third-order valence-corrected chi connectivity index (χ3v) is 3.86. The predicted octanol–water partition coefficient (Wildman–Crippen LogP) is 3.11. The predicted molar refractivity (Wildman–Crippen MR) is 81.0 cm³/mol. The van der Waals surface area contributed by atoms with E-state index < -0.39 is 5.97 Å². The summed E-state index contributed by atoms with van der Waals surface area (Å²) in [6, 6.07) is 7.77. The Bertz CT molecular complexity index is 637. The number of amides is 1. The second-order valence-electron chi connectivity index (χ2n) is 4.52. The number of benzene rings is 1. The molecule has 0 spiro atoms. The van der Waals surface area contributed by atoms with Crippen molar-refractivity contribution in [2.75, 3.05) is 5.32 Å². The SMILES string of the molecule is O=C(CCCc1cccs1)Nc1cc(C(=O)O)ccc1O. The van der Waals surface area contributed by atoms with E-state index in [9.17, 15) is 14.7 Å². The molecule has 1 amide bonds. The van der Waals surface area contributed by atoms with Gasteiger partial charge in [-0.3, -0.25) is 4.79 Å². The van der Waals surface area contributed by atoms with Gasteiger partial charge in [0.25, 0.3) is 0 Å². The molecule has 0 radical (unpaired) electrons. The average molecular weight is 305 g/mol. The molecule has 0 saturated carbocycles. The Morgan fingerprint density at radius 3 is 2.71 bits per heavy atom. The maximum Gasteiger partial charge on any atom is 0.335 e. The van der Waals surface area contributed by atoms with Gasteiger partial charge >= 0.3 is 5.97 Å². The number of hydrogen-bond acceptors (Lipinski definition) is 4. The second-order valence-corrected chi connectivity index (χ2v) is 5.55. The quantitative estimate of drug-likeness (QED) is 0.716. The molecular formula is C15H15NO4S. The van der Waals surface area contributed by atoms with Crippen molar-refractivity contribution < 1.29 is 19.8 Å². The van der Waals surface area contributed by atoms with E-state index in [1.807, 2.05) is 17.5 Å². The van der Waals surface area contributed by atoms with E-state index in [1.165, 1.54) is 23.1 Å². The van der Waals surface area contributed by atoms with Crippen LogP contribution in [0.15, 0.2) is 35.7 Å². The molecule has 0 unspecified atom stereocenters. The van der Waals surface area contributed by atoms with Gasteiger partial charge in [0, 0.05) is 11.3 Å². The number of aromatic carboxylic acids is 1. The number of phenols is 1. The Kier molecular flexibility index (Phi) is 4.94. The molecule has 0 aliphatic heterocycles. The summed E-state index contributed by atoms with van der Waals surface area (Å²) >= 11 is 1.65. The molecule has 21 heavy (non-hydrogen) atoms. The molecule has 0 atom stereocenters. The highest BCUT2D eigenvalue weighted by atomic mass is 32.1. The Labute approximate surface area is 125 Å². The first-order valence-corrected chi connectivity index (χ1v) is 7.33.